The van der Waals surface area contributed by atoms with E-state index < -0.39 is 5.97 Å². The molecule has 1 heterocycles. The molecule has 0 spiro atoms. The monoisotopic (exact) mass is 209 g/mol. The van der Waals surface area contributed by atoms with E-state index in [9.17, 15) is 4.79 Å². The van der Waals surface area contributed by atoms with Gasteiger partial charge in [0.05, 0.1) is 0 Å². The average molecular weight is 209 g/mol. The molecule has 0 saturated heterocycles. The van der Waals surface area contributed by atoms with Crippen LogP contribution in [0.3, 0.4) is 0 Å². The lowest BCUT2D eigenvalue weighted by Gasteiger charge is -2.23. The predicted molar refractivity (Wildman–Crippen MR) is 54.1 cm³/mol. The van der Waals surface area contributed by atoms with Gasteiger partial charge in [-0.3, -0.25) is 0 Å². The Morgan fingerprint density at radius 2 is 2.20 bits per heavy atom. The summed E-state index contributed by atoms with van der Waals surface area (Å²) in [6.07, 6.45) is 3.22. The zero-order chi connectivity index (χ0) is 11.0. The highest BCUT2D eigenvalue weighted by Crippen LogP contribution is 2.39. The summed E-state index contributed by atoms with van der Waals surface area (Å²) in [5.41, 5.74) is 0.951. The van der Waals surface area contributed by atoms with Crippen molar-refractivity contribution in [1.82, 2.24) is 5.16 Å². The highest BCUT2D eigenvalue weighted by atomic mass is 16.5. The highest BCUT2D eigenvalue weighted by molar-refractivity contribution is 5.90. The Bertz CT molecular complexity index is 377. The van der Waals surface area contributed by atoms with Crippen LogP contribution in [0.4, 0.5) is 0 Å². The van der Waals surface area contributed by atoms with Crippen LogP contribution in [0.25, 0.3) is 0 Å². The molecule has 0 unspecified atom stereocenters. The van der Waals surface area contributed by atoms with Crippen molar-refractivity contribution >= 4 is 5.97 Å². The summed E-state index contributed by atoms with van der Waals surface area (Å²) < 4.78 is 5.14. The summed E-state index contributed by atoms with van der Waals surface area (Å²) in [4.78, 5) is 11.2. The number of nitrogens with zero attached hydrogens (tertiary/aromatic N) is 1. The zero-order valence-corrected chi connectivity index (χ0v) is 8.99. The molecular formula is C11H15NO3. The van der Waals surface area contributed by atoms with E-state index in [1.54, 1.807) is 0 Å². The third-order valence-electron chi connectivity index (χ3n) is 2.97. The van der Waals surface area contributed by atoms with Gasteiger partial charge < -0.3 is 9.63 Å². The SMILES string of the molecule is CC(C)c1onc(C2CCC2)c1C(=O)O. The molecule has 0 atom stereocenters. The van der Waals surface area contributed by atoms with Gasteiger partial charge >= 0.3 is 5.97 Å². The van der Waals surface area contributed by atoms with Gasteiger partial charge in [-0.2, -0.15) is 0 Å². The number of carboxylic acid groups (broad SMARTS) is 1. The van der Waals surface area contributed by atoms with Gasteiger partial charge in [-0.1, -0.05) is 25.4 Å². The summed E-state index contributed by atoms with van der Waals surface area (Å²) in [5.74, 6) is -0.0453. The van der Waals surface area contributed by atoms with Gasteiger partial charge in [0, 0.05) is 11.8 Å². The molecule has 0 amide bonds. The van der Waals surface area contributed by atoms with Gasteiger partial charge in [-0.25, -0.2) is 4.79 Å². The quantitative estimate of drug-likeness (QED) is 0.831. The second-order valence-corrected chi connectivity index (χ2v) is 4.39. The van der Waals surface area contributed by atoms with Crippen LogP contribution in [0, 0.1) is 0 Å². The topological polar surface area (TPSA) is 63.3 Å². The molecule has 0 aliphatic heterocycles. The van der Waals surface area contributed by atoms with Crippen LogP contribution in [0.2, 0.25) is 0 Å². The molecule has 0 bridgehead atoms. The maximum Gasteiger partial charge on any atom is 0.341 e. The van der Waals surface area contributed by atoms with E-state index in [4.69, 9.17) is 9.63 Å². The molecule has 1 fully saturated rings. The lowest BCUT2D eigenvalue weighted by Crippen LogP contribution is -2.14. The summed E-state index contributed by atoms with van der Waals surface area (Å²) >= 11 is 0. The van der Waals surface area contributed by atoms with E-state index in [-0.39, 0.29) is 5.92 Å². The number of rotatable bonds is 3. The van der Waals surface area contributed by atoms with Gasteiger partial charge in [-0.15, -0.1) is 0 Å². The van der Waals surface area contributed by atoms with Gasteiger partial charge in [0.15, 0.2) is 5.76 Å². The minimum atomic E-state index is -0.915. The first-order valence-electron chi connectivity index (χ1n) is 5.34. The van der Waals surface area contributed by atoms with Crippen molar-refractivity contribution in [3.8, 4) is 0 Å². The Hall–Kier alpha value is -1.32. The van der Waals surface area contributed by atoms with Crippen molar-refractivity contribution < 1.29 is 14.4 Å². The maximum atomic E-state index is 11.2. The number of hydrogen-bond acceptors (Lipinski definition) is 3. The van der Waals surface area contributed by atoms with Crippen LogP contribution in [0.15, 0.2) is 4.52 Å². The Balaban J connectivity index is 2.41. The minimum Gasteiger partial charge on any atom is -0.477 e. The molecule has 1 aromatic heterocycles. The Morgan fingerprint density at radius 1 is 1.53 bits per heavy atom. The molecule has 0 radical (unpaired) electrons. The zero-order valence-electron chi connectivity index (χ0n) is 8.99. The molecule has 1 aromatic rings. The fourth-order valence-electron chi connectivity index (χ4n) is 1.89. The molecule has 4 nitrogen and oxygen atoms in total. The molecular weight excluding hydrogens is 194 g/mol. The van der Waals surface area contributed by atoms with Crippen LogP contribution in [-0.2, 0) is 0 Å². The van der Waals surface area contributed by atoms with Crippen molar-refractivity contribution in [2.45, 2.75) is 44.9 Å². The maximum absolute atomic E-state index is 11.2. The van der Waals surface area contributed by atoms with Crippen LogP contribution < -0.4 is 0 Å². The molecule has 1 aliphatic carbocycles. The predicted octanol–water partition coefficient (Wildman–Crippen LogP) is 2.76. The van der Waals surface area contributed by atoms with Gasteiger partial charge in [0.2, 0.25) is 0 Å². The van der Waals surface area contributed by atoms with Crippen molar-refractivity contribution in [3.63, 3.8) is 0 Å². The first-order chi connectivity index (χ1) is 7.11. The third kappa shape index (κ3) is 1.64. The minimum absolute atomic E-state index is 0.0671. The van der Waals surface area contributed by atoms with E-state index in [1.807, 2.05) is 13.8 Å². The van der Waals surface area contributed by atoms with Crippen LogP contribution >= 0.6 is 0 Å². The summed E-state index contributed by atoms with van der Waals surface area (Å²) in [5, 5.41) is 13.1. The summed E-state index contributed by atoms with van der Waals surface area (Å²) in [6.45, 7) is 3.83. The number of carbonyl (C=O) groups is 1. The molecule has 0 aromatic carbocycles. The van der Waals surface area contributed by atoms with E-state index in [0.29, 0.717) is 22.9 Å². The second-order valence-electron chi connectivity index (χ2n) is 4.39. The standard InChI is InChI=1S/C11H15NO3/c1-6(2)10-8(11(13)14)9(12-15-10)7-4-3-5-7/h6-7H,3-5H2,1-2H3,(H,13,14). The van der Waals surface area contributed by atoms with E-state index in [1.165, 1.54) is 0 Å². The lowest BCUT2D eigenvalue weighted by atomic mass is 9.81. The summed E-state index contributed by atoms with van der Waals surface area (Å²) in [7, 11) is 0. The van der Waals surface area contributed by atoms with Crippen molar-refractivity contribution in [1.29, 1.82) is 0 Å². The Kier molecular flexibility index (Phi) is 2.50. The fourth-order valence-corrected chi connectivity index (χ4v) is 1.89. The lowest BCUT2D eigenvalue weighted by molar-refractivity contribution is 0.0691. The van der Waals surface area contributed by atoms with Crippen LogP contribution in [-0.4, -0.2) is 16.2 Å². The number of carboxylic acids is 1. The largest absolute Gasteiger partial charge is 0.477 e. The molecule has 1 saturated carbocycles. The van der Waals surface area contributed by atoms with Crippen molar-refractivity contribution in [2.24, 2.45) is 0 Å². The molecule has 2 rings (SSSR count). The number of aromatic nitrogens is 1. The molecule has 4 heteroatoms. The molecule has 15 heavy (non-hydrogen) atoms. The van der Waals surface area contributed by atoms with Crippen LogP contribution in [0.1, 0.15) is 66.8 Å². The van der Waals surface area contributed by atoms with E-state index in [2.05, 4.69) is 5.16 Å². The van der Waals surface area contributed by atoms with Crippen LogP contribution in [0.5, 0.6) is 0 Å². The second kappa shape index (κ2) is 3.68. The first-order valence-corrected chi connectivity index (χ1v) is 5.34. The van der Waals surface area contributed by atoms with E-state index in [0.717, 1.165) is 19.3 Å². The van der Waals surface area contributed by atoms with E-state index >= 15 is 0 Å². The Morgan fingerprint density at radius 3 is 2.60 bits per heavy atom. The normalized spacial score (nSPS) is 16.7. The molecule has 1 N–H and O–H groups in total. The van der Waals surface area contributed by atoms with Gasteiger partial charge in [0.1, 0.15) is 11.3 Å². The summed E-state index contributed by atoms with van der Waals surface area (Å²) in [6, 6.07) is 0. The van der Waals surface area contributed by atoms with Crippen molar-refractivity contribution in [3.05, 3.63) is 17.0 Å². The fraction of sp³-hybridized carbons (Fsp3) is 0.636. The highest BCUT2D eigenvalue weighted by Gasteiger charge is 2.32. The average Bonchev–Trinajstić information content (AvgIpc) is 2.45. The molecule has 82 valence electrons. The third-order valence-corrected chi connectivity index (χ3v) is 2.97. The first kappa shape index (κ1) is 10.2. The number of hydrogen-bond donors (Lipinski definition) is 1. The van der Waals surface area contributed by atoms with Gasteiger partial charge in [0.25, 0.3) is 0 Å². The van der Waals surface area contributed by atoms with Crippen molar-refractivity contribution in [2.75, 3.05) is 0 Å². The number of aromatic carboxylic acids is 1. The molecule has 1 aliphatic rings. The van der Waals surface area contributed by atoms with Gasteiger partial charge in [-0.05, 0) is 12.8 Å². The smallest absolute Gasteiger partial charge is 0.341 e. The Labute approximate surface area is 88.3 Å².